The quantitative estimate of drug-likeness (QED) is 0.353. The van der Waals surface area contributed by atoms with Gasteiger partial charge in [0, 0.05) is 41.5 Å². The van der Waals surface area contributed by atoms with Crippen LogP contribution in [0.3, 0.4) is 0 Å². The second-order valence-electron chi connectivity index (χ2n) is 12.2. The lowest BCUT2D eigenvalue weighted by Crippen LogP contribution is -2.61. The van der Waals surface area contributed by atoms with E-state index in [1.165, 1.54) is 68.0 Å². The van der Waals surface area contributed by atoms with Crippen LogP contribution in [-0.2, 0) is 6.54 Å². The van der Waals surface area contributed by atoms with Crippen molar-refractivity contribution in [3.8, 4) is 17.0 Å². The molecule has 0 radical (unpaired) electrons. The summed E-state index contributed by atoms with van der Waals surface area (Å²) in [6.07, 6.45) is 10.00. The molecule has 1 aromatic heterocycles. The minimum atomic E-state index is -0.859. The van der Waals surface area contributed by atoms with E-state index < -0.39 is 5.97 Å². The molecule has 1 saturated heterocycles. The van der Waals surface area contributed by atoms with Gasteiger partial charge in [0.2, 0.25) is 0 Å². The first-order chi connectivity index (χ1) is 18.5. The average molecular weight is 515 g/mol. The number of para-hydroxylation sites is 1. The predicted octanol–water partition coefficient (Wildman–Crippen LogP) is 7.57. The van der Waals surface area contributed by atoms with Gasteiger partial charge < -0.3 is 19.3 Å². The third-order valence-electron chi connectivity index (χ3n) is 9.66. The summed E-state index contributed by atoms with van der Waals surface area (Å²) >= 11 is 0. The van der Waals surface area contributed by atoms with E-state index in [1.807, 2.05) is 6.07 Å². The largest absolute Gasteiger partial charge is 0.492 e. The maximum atomic E-state index is 12.0. The van der Waals surface area contributed by atoms with Gasteiger partial charge in [-0.25, -0.2) is 4.79 Å². The fraction of sp³-hybridized carbons (Fsp3) is 0.545. The van der Waals surface area contributed by atoms with E-state index in [0.717, 1.165) is 48.9 Å². The monoisotopic (exact) mass is 514 g/mol. The highest BCUT2D eigenvalue weighted by Gasteiger charge is 2.46. The Balaban J connectivity index is 1.45. The van der Waals surface area contributed by atoms with E-state index >= 15 is 0 Å². The zero-order valence-corrected chi connectivity index (χ0v) is 23.0. The van der Waals surface area contributed by atoms with Crippen LogP contribution >= 0.6 is 0 Å². The summed E-state index contributed by atoms with van der Waals surface area (Å²) in [6.45, 7) is 9.39. The summed E-state index contributed by atoms with van der Waals surface area (Å²) < 4.78 is 9.12. The van der Waals surface area contributed by atoms with Crippen molar-refractivity contribution >= 4 is 16.9 Å². The summed E-state index contributed by atoms with van der Waals surface area (Å²) in [5, 5.41) is 11.1. The Bertz CT molecular complexity index is 1310. The van der Waals surface area contributed by atoms with Crippen molar-refractivity contribution in [1.29, 1.82) is 0 Å². The normalized spacial score (nSPS) is 19.4. The third-order valence-corrected chi connectivity index (χ3v) is 9.66. The molecule has 202 valence electrons. The van der Waals surface area contributed by atoms with Crippen LogP contribution in [0.2, 0.25) is 0 Å². The Morgan fingerprint density at radius 3 is 2.55 bits per heavy atom. The van der Waals surface area contributed by atoms with E-state index in [0.29, 0.717) is 18.1 Å². The molecule has 0 unspecified atom stereocenters. The number of aromatic carboxylic acids is 1. The number of likely N-dealkylation sites (tertiary alicyclic amines) is 1. The molecular formula is C33H42N2O3. The molecule has 5 heteroatoms. The van der Waals surface area contributed by atoms with Gasteiger partial charge in [-0.1, -0.05) is 64.2 Å². The van der Waals surface area contributed by atoms with Crippen LogP contribution in [-0.4, -0.2) is 46.8 Å². The number of carbonyl (C=O) groups is 1. The molecule has 0 atom stereocenters. The molecule has 1 aliphatic carbocycles. The Labute approximate surface area is 226 Å². The highest BCUT2D eigenvalue weighted by molar-refractivity contribution is 5.98. The van der Waals surface area contributed by atoms with Gasteiger partial charge in [-0.2, -0.15) is 0 Å². The standard InChI is InChI=1S/C33H42N2O3/c1-3-23(4-2)16-17-34-19-33(20-34)21-35-28-18-25(32(36)37)14-15-26(28)30(24-10-6-5-7-11-24)31(35)27-12-8-9-13-29(27)38-22-33/h8-9,12-15,18,23-24H,3-7,10-11,16-17,19-22H2,1-2H3,(H,36,37). The minimum Gasteiger partial charge on any atom is -0.492 e. The molecule has 0 bridgehead atoms. The van der Waals surface area contributed by atoms with Crippen LogP contribution in [0.25, 0.3) is 22.2 Å². The van der Waals surface area contributed by atoms with Crippen molar-refractivity contribution in [1.82, 2.24) is 9.47 Å². The Hall–Kier alpha value is -2.79. The summed E-state index contributed by atoms with van der Waals surface area (Å²) in [4.78, 5) is 14.6. The second-order valence-corrected chi connectivity index (χ2v) is 12.2. The van der Waals surface area contributed by atoms with Crippen molar-refractivity contribution in [3.05, 3.63) is 53.6 Å². The Morgan fingerprint density at radius 2 is 1.82 bits per heavy atom. The maximum Gasteiger partial charge on any atom is 0.335 e. The lowest BCUT2D eigenvalue weighted by Gasteiger charge is -2.51. The van der Waals surface area contributed by atoms with E-state index in [2.05, 4.69) is 53.6 Å². The molecule has 2 fully saturated rings. The highest BCUT2D eigenvalue weighted by atomic mass is 16.5. The SMILES string of the molecule is CCC(CC)CCN1CC2(COc3ccccc3-c3c(C4CCCCC4)c4ccc(C(=O)O)cc4n3C2)C1. The molecule has 6 rings (SSSR count). The molecule has 3 heterocycles. The number of carboxylic acid groups (broad SMARTS) is 1. The number of hydrogen-bond donors (Lipinski definition) is 1. The first-order valence-electron chi connectivity index (χ1n) is 14.9. The lowest BCUT2D eigenvalue weighted by atomic mass is 9.78. The molecule has 5 nitrogen and oxygen atoms in total. The lowest BCUT2D eigenvalue weighted by molar-refractivity contribution is -0.0477. The van der Waals surface area contributed by atoms with Gasteiger partial charge in [-0.3, -0.25) is 0 Å². The molecule has 3 aromatic rings. The van der Waals surface area contributed by atoms with E-state index in [4.69, 9.17) is 4.74 Å². The van der Waals surface area contributed by atoms with Crippen LogP contribution in [0.1, 0.15) is 87.1 Å². The Kier molecular flexibility index (Phi) is 6.98. The van der Waals surface area contributed by atoms with Crippen molar-refractivity contribution in [2.45, 2.75) is 77.7 Å². The fourth-order valence-corrected chi connectivity index (χ4v) is 7.48. The van der Waals surface area contributed by atoms with Crippen LogP contribution < -0.4 is 4.74 Å². The Morgan fingerprint density at radius 1 is 1.05 bits per heavy atom. The number of carboxylic acids is 1. The first-order valence-corrected chi connectivity index (χ1v) is 14.9. The molecule has 1 spiro atoms. The summed E-state index contributed by atoms with van der Waals surface area (Å²) in [6, 6.07) is 14.3. The summed E-state index contributed by atoms with van der Waals surface area (Å²) in [5.74, 6) is 1.41. The number of hydrogen-bond acceptors (Lipinski definition) is 3. The van der Waals surface area contributed by atoms with E-state index in [1.54, 1.807) is 6.07 Å². The number of rotatable bonds is 7. The number of fused-ring (bicyclic) bond motifs is 5. The van der Waals surface area contributed by atoms with Crippen molar-refractivity contribution in [2.75, 3.05) is 26.2 Å². The van der Waals surface area contributed by atoms with Gasteiger partial charge in [0.15, 0.2) is 0 Å². The molecular weight excluding hydrogens is 472 g/mol. The van der Waals surface area contributed by atoms with Gasteiger partial charge >= 0.3 is 5.97 Å². The van der Waals surface area contributed by atoms with Gasteiger partial charge in [0.05, 0.1) is 17.9 Å². The second kappa shape index (κ2) is 10.4. The molecule has 3 aliphatic rings. The number of aromatic nitrogens is 1. The van der Waals surface area contributed by atoms with Crippen LogP contribution in [0.5, 0.6) is 5.75 Å². The molecule has 2 aromatic carbocycles. The molecule has 38 heavy (non-hydrogen) atoms. The van der Waals surface area contributed by atoms with Crippen molar-refractivity contribution < 1.29 is 14.6 Å². The average Bonchev–Trinajstić information content (AvgIpc) is 3.22. The minimum absolute atomic E-state index is 0.0330. The number of nitrogens with zero attached hydrogens (tertiary/aromatic N) is 2. The first kappa shape index (κ1) is 25.5. The van der Waals surface area contributed by atoms with Crippen molar-refractivity contribution in [3.63, 3.8) is 0 Å². The van der Waals surface area contributed by atoms with Gasteiger partial charge in [0.25, 0.3) is 0 Å². The molecule has 0 amide bonds. The zero-order chi connectivity index (χ0) is 26.3. The number of ether oxygens (including phenoxy) is 1. The van der Waals surface area contributed by atoms with Crippen molar-refractivity contribution in [2.24, 2.45) is 11.3 Å². The zero-order valence-electron chi connectivity index (χ0n) is 23.0. The predicted molar refractivity (Wildman–Crippen MR) is 153 cm³/mol. The van der Waals surface area contributed by atoms with Crippen LogP contribution in [0, 0.1) is 11.3 Å². The summed E-state index contributed by atoms with van der Waals surface area (Å²) in [7, 11) is 0. The van der Waals surface area contributed by atoms with E-state index in [-0.39, 0.29) is 5.41 Å². The number of benzene rings is 2. The summed E-state index contributed by atoms with van der Waals surface area (Å²) in [5.41, 5.74) is 5.31. The van der Waals surface area contributed by atoms with Crippen LogP contribution in [0.15, 0.2) is 42.5 Å². The third kappa shape index (κ3) is 4.53. The molecule has 2 aliphatic heterocycles. The molecule has 1 N–H and O–H groups in total. The smallest absolute Gasteiger partial charge is 0.335 e. The van der Waals surface area contributed by atoms with Gasteiger partial charge in [-0.15, -0.1) is 0 Å². The fourth-order valence-electron chi connectivity index (χ4n) is 7.48. The topological polar surface area (TPSA) is 54.7 Å². The van der Waals surface area contributed by atoms with Gasteiger partial charge in [0.1, 0.15) is 5.75 Å². The van der Waals surface area contributed by atoms with Crippen LogP contribution in [0.4, 0.5) is 0 Å². The molecule has 1 saturated carbocycles. The van der Waals surface area contributed by atoms with E-state index in [9.17, 15) is 9.90 Å². The van der Waals surface area contributed by atoms with Gasteiger partial charge in [-0.05, 0) is 67.5 Å². The maximum absolute atomic E-state index is 12.0. The highest BCUT2D eigenvalue weighted by Crippen LogP contribution is 2.49.